The zero-order valence-corrected chi connectivity index (χ0v) is 16.0. The van der Waals surface area contributed by atoms with E-state index in [0.717, 1.165) is 48.3 Å². The fraction of sp³-hybridized carbons (Fsp3) is 0.381. The molecule has 2 heterocycles. The zero-order valence-electron chi connectivity index (χ0n) is 16.0. The number of hydrogen-bond donors (Lipinski definition) is 1. The SMILES string of the molecule is COc1ccc(CNC(=O)CCn2ccn3nc4c(c3c2=O)CCCC4)cc1. The van der Waals surface area contributed by atoms with Crippen molar-refractivity contribution in [1.82, 2.24) is 19.5 Å². The lowest BCUT2D eigenvalue weighted by atomic mass is 9.97. The Kier molecular flexibility index (Phi) is 5.14. The second-order valence-corrected chi connectivity index (χ2v) is 7.10. The summed E-state index contributed by atoms with van der Waals surface area (Å²) >= 11 is 0. The molecule has 1 N–H and O–H groups in total. The van der Waals surface area contributed by atoms with Crippen LogP contribution in [0.25, 0.3) is 5.52 Å². The monoisotopic (exact) mass is 380 g/mol. The van der Waals surface area contributed by atoms with Crippen molar-refractivity contribution in [3.63, 3.8) is 0 Å². The number of hydrogen-bond acceptors (Lipinski definition) is 4. The van der Waals surface area contributed by atoms with E-state index in [2.05, 4.69) is 10.4 Å². The summed E-state index contributed by atoms with van der Waals surface area (Å²) in [4.78, 5) is 25.1. The predicted molar refractivity (Wildman–Crippen MR) is 106 cm³/mol. The van der Waals surface area contributed by atoms with Crippen molar-refractivity contribution in [3.05, 3.63) is 63.8 Å². The number of aryl methyl sites for hydroxylation is 3. The number of fused-ring (bicyclic) bond motifs is 3. The van der Waals surface area contributed by atoms with Gasteiger partial charge < -0.3 is 14.6 Å². The summed E-state index contributed by atoms with van der Waals surface area (Å²) in [7, 11) is 1.62. The van der Waals surface area contributed by atoms with Crippen LogP contribution in [-0.2, 0) is 30.7 Å². The van der Waals surface area contributed by atoms with Gasteiger partial charge in [0.05, 0.1) is 12.8 Å². The van der Waals surface area contributed by atoms with Gasteiger partial charge in [-0.2, -0.15) is 5.10 Å². The van der Waals surface area contributed by atoms with Crippen LogP contribution in [0.5, 0.6) is 5.75 Å². The Balaban J connectivity index is 1.40. The summed E-state index contributed by atoms with van der Waals surface area (Å²) in [6.45, 7) is 0.802. The topological polar surface area (TPSA) is 77.6 Å². The molecule has 1 aliphatic carbocycles. The number of nitrogens with zero attached hydrogens (tertiary/aromatic N) is 3. The van der Waals surface area contributed by atoms with E-state index >= 15 is 0 Å². The number of carbonyl (C=O) groups is 1. The van der Waals surface area contributed by atoms with E-state index < -0.39 is 0 Å². The third-order valence-corrected chi connectivity index (χ3v) is 5.26. The van der Waals surface area contributed by atoms with Crippen LogP contribution in [0.4, 0.5) is 0 Å². The van der Waals surface area contributed by atoms with E-state index in [1.54, 1.807) is 22.4 Å². The molecule has 1 aromatic carbocycles. The van der Waals surface area contributed by atoms with Crippen LogP contribution in [0, 0.1) is 0 Å². The van der Waals surface area contributed by atoms with Gasteiger partial charge in [-0.3, -0.25) is 9.59 Å². The Morgan fingerprint density at radius 2 is 1.96 bits per heavy atom. The average Bonchev–Trinajstić information content (AvgIpc) is 3.11. The normalized spacial score (nSPS) is 13.3. The molecule has 0 saturated heterocycles. The molecule has 0 spiro atoms. The highest BCUT2D eigenvalue weighted by Gasteiger charge is 2.19. The van der Waals surface area contributed by atoms with Crippen molar-refractivity contribution >= 4 is 11.4 Å². The molecule has 0 radical (unpaired) electrons. The second kappa shape index (κ2) is 7.88. The van der Waals surface area contributed by atoms with Gasteiger partial charge in [0.1, 0.15) is 11.3 Å². The van der Waals surface area contributed by atoms with Gasteiger partial charge >= 0.3 is 0 Å². The molecule has 7 nitrogen and oxygen atoms in total. The number of aromatic nitrogens is 3. The van der Waals surface area contributed by atoms with Gasteiger partial charge in [-0.1, -0.05) is 12.1 Å². The highest BCUT2D eigenvalue weighted by atomic mass is 16.5. The predicted octanol–water partition coefficient (Wildman–Crippen LogP) is 2.09. The van der Waals surface area contributed by atoms with Crippen LogP contribution in [0.1, 0.15) is 36.1 Å². The molecule has 28 heavy (non-hydrogen) atoms. The van der Waals surface area contributed by atoms with Gasteiger partial charge in [0.25, 0.3) is 5.56 Å². The number of rotatable bonds is 6. The lowest BCUT2D eigenvalue weighted by Crippen LogP contribution is -2.27. The quantitative estimate of drug-likeness (QED) is 0.710. The fourth-order valence-corrected chi connectivity index (χ4v) is 3.69. The number of carbonyl (C=O) groups excluding carboxylic acids is 1. The Morgan fingerprint density at radius 3 is 2.75 bits per heavy atom. The van der Waals surface area contributed by atoms with Crippen molar-refractivity contribution in [2.75, 3.05) is 7.11 Å². The van der Waals surface area contributed by atoms with Gasteiger partial charge in [0.2, 0.25) is 5.91 Å². The van der Waals surface area contributed by atoms with Gasteiger partial charge in [-0.15, -0.1) is 0 Å². The highest BCUT2D eigenvalue weighted by Crippen LogP contribution is 2.22. The van der Waals surface area contributed by atoms with Crippen LogP contribution in [0.2, 0.25) is 0 Å². The molecule has 3 aromatic rings. The Labute approximate surface area is 162 Å². The van der Waals surface area contributed by atoms with Gasteiger partial charge in [0.15, 0.2) is 0 Å². The van der Waals surface area contributed by atoms with E-state index in [4.69, 9.17) is 4.74 Å². The maximum absolute atomic E-state index is 12.9. The van der Waals surface area contributed by atoms with E-state index in [-0.39, 0.29) is 17.9 Å². The van der Waals surface area contributed by atoms with Crippen LogP contribution < -0.4 is 15.6 Å². The van der Waals surface area contributed by atoms with Crippen molar-refractivity contribution < 1.29 is 9.53 Å². The summed E-state index contributed by atoms with van der Waals surface area (Å²) in [5.74, 6) is 0.699. The molecular formula is C21H24N4O3. The van der Waals surface area contributed by atoms with Crippen molar-refractivity contribution in [3.8, 4) is 5.75 Å². The smallest absolute Gasteiger partial charge is 0.276 e. The van der Waals surface area contributed by atoms with E-state index in [1.807, 2.05) is 30.5 Å². The van der Waals surface area contributed by atoms with E-state index in [9.17, 15) is 9.59 Å². The summed E-state index contributed by atoms with van der Waals surface area (Å²) < 4.78 is 8.43. The summed E-state index contributed by atoms with van der Waals surface area (Å²) in [6, 6.07) is 7.56. The summed E-state index contributed by atoms with van der Waals surface area (Å²) in [6.07, 6.45) is 7.83. The Morgan fingerprint density at radius 1 is 1.18 bits per heavy atom. The first-order chi connectivity index (χ1) is 13.7. The molecule has 2 aromatic heterocycles. The van der Waals surface area contributed by atoms with Crippen molar-refractivity contribution in [2.45, 2.75) is 45.2 Å². The van der Waals surface area contributed by atoms with Crippen LogP contribution in [0.15, 0.2) is 41.5 Å². The first-order valence-corrected chi connectivity index (χ1v) is 9.65. The van der Waals surface area contributed by atoms with E-state index in [1.165, 1.54) is 0 Å². The lowest BCUT2D eigenvalue weighted by Gasteiger charge is -2.10. The number of amides is 1. The first-order valence-electron chi connectivity index (χ1n) is 9.65. The molecule has 0 atom stereocenters. The van der Waals surface area contributed by atoms with Gasteiger partial charge in [-0.05, 0) is 43.4 Å². The largest absolute Gasteiger partial charge is 0.497 e. The van der Waals surface area contributed by atoms with Crippen LogP contribution in [-0.4, -0.2) is 27.2 Å². The molecule has 0 aliphatic heterocycles. The summed E-state index contributed by atoms with van der Waals surface area (Å²) in [5, 5.41) is 7.44. The summed E-state index contributed by atoms with van der Waals surface area (Å²) in [5.41, 5.74) is 3.71. The molecule has 0 bridgehead atoms. The maximum atomic E-state index is 12.9. The highest BCUT2D eigenvalue weighted by molar-refractivity contribution is 5.75. The van der Waals surface area contributed by atoms with Crippen molar-refractivity contribution in [1.29, 1.82) is 0 Å². The zero-order chi connectivity index (χ0) is 19.5. The number of nitrogens with one attached hydrogen (secondary N) is 1. The molecule has 1 aliphatic rings. The van der Waals surface area contributed by atoms with Crippen LogP contribution in [0.3, 0.4) is 0 Å². The molecule has 4 rings (SSSR count). The van der Waals surface area contributed by atoms with Crippen LogP contribution >= 0.6 is 0 Å². The molecule has 0 saturated carbocycles. The average molecular weight is 380 g/mol. The molecule has 7 heteroatoms. The number of methoxy groups -OCH3 is 1. The molecule has 0 fully saturated rings. The van der Waals surface area contributed by atoms with E-state index in [0.29, 0.717) is 18.6 Å². The Bertz CT molecular complexity index is 1050. The first kappa shape index (κ1) is 18.3. The number of ether oxygens (including phenoxy) is 1. The van der Waals surface area contributed by atoms with Crippen molar-refractivity contribution in [2.24, 2.45) is 0 Å². The minimum Gasteiger partial charge on any atom is -0.497 e. The fourth-order valence-electron chi connectivity index (χ4n) is 3.69. The molecule has 146 valence electrons. The minimum absolute atomic E-state index is 0.0684. The lowest BCUT2D eigenvalue weighted by molar-refractivity contribution is -0.121. The van der Waals surface area contributed by atoms with Gasteiger partial charge in [0, 0.05) is 37.5 Å². The third-order valence-electron chi connectivity index (χ3n) is 5.26. The standard InChI is InChI=1S/C21H24N4O3/c1-28-16-8-6-15(7-9-16)14-22-19(26)10-11-24-12-13-25-20(21(24)27)17-4-2-3-5-18(17)23-25/h6-9,12-13H,2-5,10-11,14H2,1H3,(H,22,26). The second-order valence-electron chi connectivity index (χ2n) is 7.10. The molecular weight excluding hydrogens is 356 g/mol. The molecule has 0 unspecified atom stereocenters. The Hall–Kier alpha value is -3.09. The third kappa shape index (κ3) is 3.65. The van der Waals surface area contributed by atoms with Gasteiger partial charge in [-0.25, -0.2) is 4.52 Å². The minimum atomic E-state index is -0.0851. The number of benzene rings is 1. The maximum Gasteiger partial charge on any atom is 0.276 e. The molecule has 1 amide bonds.